The minimum Gasteiger partial charge on any atom is -0.317 e. The molecule has 0 aromatic carbocycles. The van der Waals surface area contributed by atoms with Crippen molar-refractivity contribution in [2.45, 2.75) is 46.5 Å². The maximum absolute atomic E-state index is 12.7. The molecule has 2 aliphatic rings. The Kier molecular flexibility index (Phi) is 5.68. The van der Waals surface area contributed by atoms with Crippen LogP contribution in [-0.4, -0.2) is 56.3 Å². The summed E-state index contributed by atoms with van der Waals surface area (Å²) in [6.45, 7) is 11.3. The van der Waals surface area contributed by atoms with Crippen LogP contribution in [0.4, 0.5) is 0 Å². The van der Waals surface area contributed by atoms with Crippen LogP contribution in [0.3, 0.4) is 0 Å². The summed E-state index contributed by atoms with van der Waals surface area (Å²) in [6, 6.07) is 0. The number of nitrogens with one attached hydrogen (secondary N) is 1. The van der Waals surface area contributed by atoms with E-state index in [0.717, 1.165) is 38.8 Å². The van der Waals surface area contributed by atoms with Gasteiger partial charge in [0, 0.05) is 26.2 Å². The summed E-state index contributed by atoms with van der Waals surface area (Å²) < 4.78 is 28.8. The molecular formula is C15H31N3O2S. The molecule has 2 fully saturated rings. The maximum Gasteiger partial charge on any atom is 0.281 e. The van der Waals surface area contributed by atoms with Crippen molar-refractivity contribution < 1.29 is 8.42 Å². The van der Waals surface area contributed by atoms with Crippen LogP contribution < -0.4 is 5.32 Å². The number of piperidine rings is 2. The fraction of sp³-hybridized carbons (Fsp3) is 1.00. The number of rotatable bonds is 5. The van der Waals surface area contributed by atoms with Crippen molar-refractivity contribution in [3.63, 3.8) is 0 Å². The standard InChI is InChI=1S/C15H31N3O2S/c1-4-16-13-14-5-9-17(10-6-14)21(19,20)18-11-7-15(2,3)8-12-18/h14,16H,4-13H2,1-3H3. The Labute approximate surface area is 130 Å². The first kappa shape index (κ1) is 17.2. The van der Waals surface area contributed by atoms with Crippen LogP contribution in [0, 0.1) is 11.3 Å². The molecule has 6 heteroatoms. The van der Waals surface area contributed by atoms with E-state index in [0.29, 0.717) is 32.1 Å². The zero-order valence-corrected chi connectivity index (χ0v) is 14.6. The van der Waals surface area contributed by atoms with Crippen molar-refractivity contribution in [2.75, 3.05) is 39.3 Å². The lowest BCUT2D eigenvalue weighted by atomic mass is 9.83. The Balaban J connectivity index is 1.87. The van der Waals surface area contributed by atoms with Gasteiger partial charge in [-0.2, -0.15) is 17.0 Å². The topological polar surface area (TPSA) is 52.7 Å². The zero-order chi connectivity index (χ0) is 15.5. The molecule has 0 aromatic heterocycles. The van der Waals surface area contributed by atoms with Gasteiger partial charge in [0.2, 0.25) is 0 Å². The molecule has 0 aliphatic carbocycles. The summed E-state index contributed by atoms with van der Waals surface area (Å²) in [4.78, 5) is 0. The van der Waals surface area contributed by atoms with Gasteiger partial charge in [0.15, 0.2) is 0 Å². The molecule has 5 nitrogen and oxygen atoms in total. The smallest absolute Gasteiger partial charge is 0.281 e. The number of hydrogen-bond acceptors (Lipinski definition) is 3. The molecule has 0 bridgehead atoms. The van der Waals surface area contributed by atoms with Gasteiger partial charge in [0.25, 0.3) is 10.2 Å². The lowest BCUT2D eigenvalue weighted by Crippen LogP contribution is -2.51. The molecule has 2 rings (SSSR count). The van der Waals surface area contributed by atoms with Gasteiger partial charge in [0.1, 0.15) is 0 Å². The third-order valence-electron chi connectivity index (χ3n) is 4.99. The molecule has 1 N–H and O–H groups in total. The third kappa shape index (κ3) is 4.41. The SMILES string of the molecule is CCNCC1CCN(S(=O)(=O)N2CCC(C)(C)CC2)CC1. The molecule has 0 aromatic rings. The molecule has 0 radical (unpaired) electrons. The van der Waals surface area contributed by atoms with Crippen LogP contribution in [-0.2, 0) is 10.2 Å². The fourth-order valence-electron chi connectivity index (χ4n) is 3.18. The molecular weight excluding hydrogens is 286 g/mol. The molecule has 124 valence electrons. The minimum absolute atomic E-state index is 0.283. The van der Waals surface area contributed by atoms with Crippen LogP contribution in [0.1, 0.15) is 46.5 Å². The lowest BCUT2D eigenvalue weighted by Gasteiger charge is -2.40. The molecule has 0 amide bonds. The van der Waals surface area contributed by atoms with Crippen LogP contribution in [0.15, 0.2) is 0 Å². The summed E-state index contributed by atoms with van der Waals surface area (Å²) in [6.07, 6.45) is 3.88. The quantitative estimate of drug-likeness (QED) is 0.839. The monoisotopic (exact) mass is 317 g/mol. The number of hydrogen-bond donors (Lipinski definition) is 1. The molecule has 0 spiro atoms. The summed E-state index contributed by atoms with van der Waals surface area (Å²) in [5.74, 6) is 0.622. The molecule has 0 unspecified atom stereocenters. The average molecular weight is 317 g/mol. The van der Waals surface area contributed by atoms with Gasteiger partial charge in [-0.15, -0.1) is 0 Å². The third-order valence-corrected chi connectivity index (χ3v) is 7.02. The van der Waals surface area contributed by atoms with Crippen molar-refractivity contribution in [3.05, 3.63) is 0 Å². The highest BCUT2D eigenvalue weighted by Gasteiger charge is 2.36. The van der Waals surface area contributed by atoms with Gasteiger partial charge in [-0.1, -0.05) is 20.8 Å². The van der Waals surface area contributed by atoms with Crippen LogP contribution in [0.2, 0.25) is 0 Å². The zero-order valence-electron chi connectivity index (χ0n) is 13.8. The largest absolute Gasteiger partial charge is 0.317 e. The Hall–Kier alpha value is -0.170. The van der Waals surface area contributed by atoms with E-state index in [-0.39, 0.29) is 5.41 Å². The van der Waals surface area contributed by atoms with E-state index in [2.05, 4.69) is 26.1 Å². The Morgan fingerprint density at radius 1 is 1.05 bits per heavy atom. The highest BCUT2D eigenvalue weighted by molar-refractivity contribution is 7.86. The van der Waals surface area contributed by atoms with Gasteiger partial charge < -0.3 is 5.32 Å². The summed E-state index contributed by atoms with van der Waals surface area (Å²) in [5, 5.41) is 3.37. The Bertz CT molecular complexity index is 418. The van der Waals surface area contributed by atoms with Gasteiger partial charge in [0.05, 0.1) is 0 Å². The van der Waals surface area contributed by atoms with Crippen LogP contribution in [0.5, 0.6) is 0 Å². The average Bonchev–Trinajstić information content (AvgIpc) is 2.45. The first-order valence-corrected chi connectivity index (χ1v) is 9.71. The number of nitrogens with zero attached hydrogens (tertiary/aromatic N) is 2. The van der Waals surface area contributed by atoms with E-state index >= 15 is 0 Å². The Morgan fingerprint density at radius 3 is 2.10 bits per heavy atom. The first-order chi connectivity index (χ1) is 9.85. The van der Waals surface area contributed by atoms with Crippen molar-refractivity contribution >= 4 is 10.2 Å². The highest BCUT2D eigenvalue weighted by Crippen LogP contribution is 2.32. The summed E-state index contributed by atoms with van der Waals surface area (Å²) in [7, 11) is -3.23. The molecule has 2 aliphatic heterocycles. The van der Waals surface area contributed by atoms with Crippen molar-refractivity contribution in [1.29, 1.82) is 0 Å². The lowest BCUT2D eigenvalue weighted by molar-refractivity contribution is 0.180. The van der Waals surface area contributed by atoms with Gasteiger partial charge >= 0.3 is 0 Å². The second-order valence-electron chi connectivity index (χ2n) is 7.22. The Morgan fingerprint density at radius 2 is 1.57 bits per heavy atom. The molecule has 21 heavy (non-hydrogen) atoms. The second kappa shape index (κ2) is 6.94. The normalized spacial score (nSPS) is 26.0. The summed E-state index contributed by atoms with van der Waals surface area (Å²) in [5.41, 5.74) is 0.283. The predicted molar refractivity (Wildman–Crippen MR) is 86.3 cm³/mol. The van der Waals surface area contributed by atoms with Crippen LogP contribution in [0.25, 0.3) is 0 Å². The van der Waals surface area contributed by atoms with Crippen LogP contribution >= 0.6 is 0 Å². The summed E-state index contributed by atoms with van der Waals surface area (Å²) >= 11 is 0. The van der Waals surface area contributed by atoms with Gasteiger partial charge in [-0.25, -0.2) is 0 Å². The van der Waals surface area contributed by atoms with E-state index in [1.54, 1.807) is 8.61 Å². The maximum atomic E-state index is 12.7. The van der Waals surface area contributed by atoms with Gasteiger partial charge in [-0.05, 0) is 50.1 Å². The molecule has 2 heterocycles. The van der Waals surface area contributed by atoms with E-state index in [4.69, 9.17) is 0 Å². The van der Waals surface area contributed by atoms with Gasteiger partial charge in [-0.3, -0.25) is 0 Å². The van der Waals surface area contributed by atoms with E-state index in [9.17, 15) is 8.42 Å². The first-order valence-electron chi connectivity index (χ1n) is 8.31. The van der Waals surface area contributed by atoms with Crippen molar-refractivity contribution in [1.82, 2.24) is 13.9 Å². The minimum atomic E-state index is -3.23. The van der Waals surface area contributed by atoms with E-state index < -0.39 is 10.2 Å². The fourth-order valence-corrected chi connectivity index (χ4v) is 4.82. The molecule has 0 saturated carbocycles. The van der Waals surface area contributed by atoms with Crippen molar-refractivity contribution in [3.8, 4) is 0 Å². The molecule has 0 atom stereocenters. The van der Waals surface area contributed by atoms with Crippen molar-refractivity contribution in [2.24, 2.45) is 11.3 Å². The highest BCUT2D eigenvalue weighted by atomic mass is 32.2. The van der Waals surface area contributed by atoms with E-state index in [1.807, 2.05) is 0 Å². The second-order valence-corrected chi connectivity index (χ2v) is 9.15. The van der Waals surface area contributed by atoms with E-state index in [1.165, 1.54) is 0 Å². The molecule has 2 saturated heterocycles. The predicted octanol–water partition coefficient (Wildman–Crippen LogP) is 1.67.